The fourth-order valence-electron chi connectivity index (χ4n) is 2.11. The lowest BCUT2D eigenvalue weighted by atomic mass is 10.2. The Labute approximate surface area is 90.2 Å². The SMILES string of the molecule is Cc1ocnc1CN1CC(C)OC(C)C1. The van der Waals surface area contributed by atoms with E-state index < -0.39 is 0 Å². The molecule has 0 bridgehead atoms. The Kier molecular flexibility index (Phi) is 3.07. The number of nitrogens with zero attached hydrogens (tertiary/aromatic N) is 2. The van der Waals surface area contributed by atoms with Gasteiger partial charge in [0.05, 0.1) is 17.9 Å². The highest BCUT2D eigenvalue weighted by atomic mass is 16.5. The molecule has 0 saturated carbocycles. The van der Waals surface area contributed by atoms with Crippen molar-refractivity contribution in [3.63, 3.8) is 0 Å². The smallest absolute Gasteiger partial charge is 0.181 e. The number of aromatic nitrogens is 1. The second-order valence-corrected chi connectivity index (χ2v) is 4.31. The number of oxazole rings is 1. The summed E-state index contributed by atoms with van der Waals surface area (Å²) >= 11 is 0. The zero-order valence-electron chi connectivity index (χ0n) is 9.56. The Morgan fingerprint density at radius 2 is 2.07 bits per heavy atom. The van der Waals surface area contributed by atoms with Crippen LogP contribution in [0.25, 0.3) is 0 Å². The van der Waals surface area contributed by atoms with E-state index in [0.29, 0.717) is 12.2 Å². The zero-order valence-corrected chi connectivity index (χ0v) is 9.56. The van der Waals surface area contributed by atoms with E-state index >= 15 is 0 Å². The number of rotatable bonds is 2. The summed E-state index contributed by atoms with van der Waals surface area (Å²) in [5.74, 6) is 0.918. The van der Waals surface area contributed by atoms with Crippen molar-refractivity contribution in [2.75, 3.05) is 13.1 Å². The summed E-state index contributed by atoms with van der Waals surface area (Å²) in [5.41, 5.74) is 1.04. The van der Waals surface area contributed by atoms with Gasteiger partial charge in [-0.25, -0.2) is 4.98 Å². The Bertz CT molecular complexity index is 314. The lowest BCUT2D eigenvalue weighted by Gasteiger charge is -2.34. The molecular formula is C11H18N2O2. The van der Waals surface area contributed by atoms with E-state index in [4.69, 9.17) is 9.15 Å². The Morgan fingerprint density at radius 3 is 2.60 bits per heavy atom. The van der Waals surface area contributed by atoms with Gasteiger partial charge >= 0.3 is 0 Å². The number of hydrogen-bond acceptors (Lipinski definition) is 4. The Hall–Kier alpha value is -0.870. The molecule has 1 aliphatic rings. The highest BCUT2D eigenvalue weighted by molar-refractivity contribution is 5.04. The largest absolute Gasteiger partial charge is 0.448 e. The molecule has 0 amide bonds. The third kappa shape index (κ3) is 2.58. The normalized spacial score (nSPS) is 28.2. The minimum absolute atomic E-state index is 0.306. The van der Waals surface area contributed by atoms with Gasteiger partial charge in [0, 0.05) is 19.6 Å². The number of ether oxygens (including phenoxy) is 1. The van der Waals surface area contributed by atoms with Gasteiger partial charge in [-0.2, -0.15) is 0 Å². The van der Waals surface area contributed by atoms with Crippen LogP contribution in [-0.2, 0) is 11.3 Å². The molecule has 15 heavy (non-hydrogen) atoms. The van der Waals surface area contributed by atoms with Gasteiger partial charge in [0.2, 0.25) is 0 Å². The first-order chi connectivity index (χ1) is 7.15. The van der Waals surface area contributed by atoms with Gasteiger partial charge in [-0.15, -0.1) is 0 Å². The third-order valence-electron chi connectivity index (χ3n) is 2.71. The molecule has 2 rings (SSSR count). The Morgan fingerprint density at radius 1 is 1.40 bits per heavy atom. The molecule has 1 saturated heterocycles. The molecule has 0 spiro atoms. The van der Waals surface area contributed by atoms with Crippen LogP contribution in [-0.4, -0.2) is 35.2 Å². The monoisotopic (exact) mass is 210 g/mol. The topological polar surface area (TPSA) is 38.5 Å². The molecule has 2 atom stereocenters. The van der Waals surface area contributed by atoms with Crippen LogP contribution in [0.5, 0.6) is 0 Å². The van der Waals surface area contributed by atoms with E-state index in [2.05, 4.69) is 23.7 Å². The predicted molar refractivity (Wildman–Crippen MR) is 56.5 cm³/mol. The summed E-state index contributed by atoms with van der Waals surface area (Å²) in [7, 11) is 0. The van der Waals surface area contributed by atoms with E-state index in [9.17, 15) is 0 Å². The summed E-state index contributed by atoms with van der Waals surface area (Å²) in [5, 5.41) is 0. The van der Waals surface area contributed by atoms with Gasteiger partial charge in [0.15, 0.2) is 6.39 Å². The molecule has 0 N–H and O–H groups in total. The van der Waals surface area contributed by atoms with E-state index in [0.717, 1.165) is 31.1 Å². The van der Waals surface area contributed by atoms with Gasteiger partial charge in [-0.3, -0.25) is 4.90 Å². The summed E-state index contributed by atoms with van der Waals surface area (Å²) in [6, 6.07) is 0. The van der Waals surface area contributed by atoms with Gasteiger partial charge < -0.3 is 9.15 Å². The van der Waals surface area contributed by atoms with Crippen LogP contribution in [0.4, 0.5) is 0 Å². The van der Waals surface area contributed by atoms with Crippen LogP contribution in [0.2, 0.25) is 0 Å². The second kappa shape index (κ2) is 4.33. The van der Waals surface area contributed by atoms with Gasteiger partial charge in [0.25, 0.3) is 0 Å². The van der Waals surface area contributed by atoms with Gasteiger partial charge in [-0.05, 0) is 20.8 Å². The highest BCUT2D eigenvalue weighted by Crippen LogP contribution is 2.15. The van der Waals surface area contributed by atoms with Crippen molar-refractivity contribution in [2.45, 2.75) is 39.5 Å². The lowest BCUT2D eigenvalue weighted by molar-refractivity contribution is -0.0708. The lowest BCUT2D eigenvalue weighted by Crippen LogP contribution is -2.44. The van der Waals surface area contributed by atoms with Crippen LogP contribution in [0.3, 0.4) is 0 Å². The molecule has 4 nitrogen and oxygen atoms in total. The Balaban J connectivity index is 1.97. The number of aryl methyl sites for hydroxylation is 1. The van der Waals surface area contributed by atoms with Crippen molar-refractivity contribution in [3.8, 4) is 0 Å². The average Bonchev–Trinajstić information content (AvgIpc) is 2.50. The first-order valence-electron chi connectivity index (χ1n) is 5.42. The maximum Gasteiger partial charge on any atom is 0.181 e. The number of hydrogen-bond donors (Lipinski definition) is 0. The summed E-state index contributed by atoms with van der Waals surface area (Å²) in [6.07, 6.45) is 2.12. The van der Waals surface area contributed by atoms with Crippen LogP contribution in [0.1, 0.15) is 25.3 Å². The molecule has 2 heterocycles. The molecule has 0 aliphatic carbocycles. The molecule has 1 fully saturated rings. The highest BCUT2D eigenvalue weighted by Gasteiger charge is 2.23. The van der Waals surface area contributed by atoms with Crippen molar-refractivity contribution in [1.29, 1.82) is 0 Å². The van der Waals surface area contributed by atoms with E-state index in [-0.39, 0.29) is 0 Å². The third-order valence-corrected chi connectivity index (χ3v) is 2.71. The fraction of sp³-hybridized carbons (Fsp3) is 0.727. The maximum absolute atomic E-state index is 5.68. The van der Waals surface area contributed by atoms with Crippen molar-refractivity contribution < 1.29 is 9.15 Å². The molecule has 4 heteroatoms. The van der Waals surface area contributed by atoms with Crippen LogP contribution in [0.15, 0.2) is 10.8 Å². The summed E-state index contributed by atoms with van der Waals surface area (Å²) < 4.78 is 10.9. The van der Waals surface area contributed by atoms with Gasteiger partial charge in [0.1, 0.15) is 5.76 Å². The first kappa shape index (κ1) is 10.6. The minimum Gasteiger partial charge on any atom is -0.448 e. The molecule has 1 aromatic heterocycles. The molecular weight excluding hydrogens is 192 g/mol. The molecule has 2 unspecified atom stereocenters. The van der Waals surface area contributed by atoms with Crippen LogP contribution < -0.4 is 0 Å². The quantitative estimate of drug-likeness (QED) is 0.743. The summed E-state index contributed by atoms with van der Waals surface area (Å²) in [6.45, 7) is 8.97. The van der Waals surface area contributed by atoms with Crippen molar-refractivity contribution in [3.05, 3.63) is 17.8 Å². The van der Waals surface area contributed by atoms with Crippen molar-refractivity contribution in [2.24, 2.45) is 0 Å². The second-order valence-electron chi connectivity index (χ2n) is 4.31. The molecule has 84 valence electrons. The van der Waals surface area contributed by atoms with E-state index in [1.54, 1.807) is 0 Å². The van der Waals surface area contributed by atoms with E-state index in [1.807, 2.05) is 6.92 Å². The fourth-order valence-corrected chi connectivity index (χ4v) is 2.11. The first-order valence-corrected chi connectivity index (χ1v) is 5.42. The van der Waals surface area contributed by atoms with Gasteiger partial charge in [-0.1, -0.05) is 0 Å². The average molecular weight is 210 g/mol. The molecule has 1 aromatic rings. The minimum atomic E-state index is 0.306. The number of morpholine rings is 1. The summed E-state index contributed by atoms with van der Waals surface area (Å²) in [4.78, 5) is 6.58. The predicted octanol–water partition coefficient (Wildman–Crippen LogP) is 1.59. The molecule has 0 aromatic carbocycles. The standard InChI is InChI=1S/C11H18N2O2/c1-8-4-13(5-9(2)15-8)6-11-10(3)14-7-12-11/h7-9H,4-6H2,1-3H3. The van der Waals surface area contributed by atoms with Crippen molar-refractivity contribution in [1.82, 2.24) is 9.88 Å². The van der Waals surface area contributed by atoms with Crippen molar-refractivity contribution >= 4 is 0 Å². The maximum atomic E-state index is 5.68. The van der Waals surface area contributed by atoms with E-state index in [1.165, 1.54) is 6.39 Å². The molecule has 0 radical (unpaired) electrons. The van der Waals surface area contributed by atoms with Crippen LogP contribution in [0, 0.1) is 6.92 Å². The van der Waals surface area contributed by atoms with Crippen LogP contribution >= 0.6 is 0 Å². The zero-order chi connectivity index (χ0) is 10.8. The molecule has 1 aliphatic heterocycles.